The van der Waals surface area contributed by atoms with Gasteiger partial charge >= 0.3 is 0 Å². The highest BCUT2D eigenvalue weighted by Crippen LogP contribution is 2.27. The molecular weight excluding hydrogens is 392 g/mol. The van der Waals surface area contributed by atoms with Gasteiger partial charge in [-0.2, -0.15) is 4.31 Å². The maximum absolute atomic E-state index is 12.9. The van der Waals surface area contributed by atoms with Crippen LogP contribution in [0.25, 0.3) is 0 Å². The summed E-state index contributed by atoms with van der Waals surface area (Å²) < 4.78 is 27.2. The molecule has 1 saturated carbocycles. The van der Waals surface area contributed by atoms with Crippen molar-refractivity contribution in [3.8, 4) is 0 Å². The maximum atomic E-state index is 12.9. The van der Waals surface area contributed by atoms with Crippen LogP contribution in [0.5, 0.6) is 0 Å². The van der Waals surface area contributed by atoms with E-state index in [0.717, 1.165) is 32.1 Å². The first-order chi connectivity index (χ1) is 12.3. The topological polar surface area (TPSA) is 122 Å². The standard InChI is InChI=1S/C17H26N4O4S.ClH/c1-21(14-7-3-2-4-8-14)26(24,25)15-9-5-6-13(10-15)20-17(23)12-19-16(22)11-18;/h5-6,9-10,14H,2-4,7-8,11-12,18H2,1H3,(H,19,22)(H,20,23);1H. The Bertz CT molecular complexity index is 751. The second-order valence-corrected chi connectivity index (χ2v) is 8.37. The molecule has 4 N–H and O–H groups in total. The van der Waals surface area contributed by atoms with Gasteiger partial charge in [0.25, 0.3) is 0 Å². The van der Waals surface area contributed by atoms with E-state index in [1.54, 1.807) is 19.2 Å². The fourth-order valence-electron chi connectivity index (χ4n) is 3.00. The van der Waals surface area contributed by atoms with Gasteiger partial charge in [0.05, 0.1) is 18.0 Å². The number of hydrogen-bond donors (Lipinski definition) is 3. The summed E-state index contributed by atoms with van der Waals surface area (Å²) in [6.07, 6.45) is 4.96. The Labute approximate surface area is 166 Å². The zero-order valence-corrected chi connectivity index (χ0v) is 16.9. The van der Waals surface area contributed by atoms with Crippen molar-refractivity contribution in [3.05, 3.63) is 24.3 Å². The molecule has 0 saturated heterocycles. The summed E-state index contributed by atoms with van der Waals surface area (Å²) in [4.78, 5) is 23.1. The molecule has 1 aromatic carbocycles. The van der Waals surface area contributed by atoms with Gasteiger partial charge < -0.3 is 16.4 Å². The fourth-order valence-corrected chi connectivity index (χ4v) is 4.46. The predicted molar refractivity (Wildman–Crippen MR) is 106 cm³/mol. The quantitative estimate of drug-likeness (QED) is 0.611. The first-order valence-electron chi connectivity index (χ1n) is 8.69. The Morgan fingerprint density at radius 3 is 2.48 bits per heavy atom. The van der Waals surface area contributed by atoms with Crippen molar-refractivity contribution in [1.82, 2.24) is 9.62 Å². The second kappa shape index (κ2) is 10.6. The van der Waals surface area contributed by atoms with E-state index in [2.05, 4.69) is 10.6 Å². The second-order valence-electron chi connectivity index (χ2n) is 6.37. The molecule has 1 aliphatic carbocycles. The Kier molecular flexibility index (Phi) is 9.17. The number of nitrogens with two attached hydrogens (primary N) is 1. The van der Waals surface area contributed by atoms with Gasteiger partial charge in [0.1, 0.15) is 0 Å². The fraction of sp³-hybridized carbons (Fsp3) is 0.529. The van der Waals surface area contributed by atoms with Crippen LogP contribution in [-0.4, -0.2) is 50.7 Å². The lowest BCUT2D eigenvalue weighted by Crippen LogP contribution is -2.38. The third-order valence-electron chi connectivity index (χ3n) is 4.52. The van der Waals surface area contributed by atoms with Gasteiger partial charge in [-0.05, 0) is 31.0 Å². The Balaban J connectivity index is 0.00000364. The molecule has 1 aliphatic rings. The van der Waals surface area contributed by atoms with Gasteiger partial charge in [-0.15, -0.1) is 12.4 Å². The van der Waals surface area contributed by atoms with E-state index in [1.165, 1.54) is 16.4 Å². The Morgan fingerprint density at radius 2 is 1.85 bits per heavy atom. The average Bonchev–Trinajstić information content (AvgIpc) is 2.66. The monoisotopic (exact) mass is 418 g/mol. The van der Waals surface area contributed by atoms with Gasteiger partial charge in [0.15, 0.2) is 0 Å². The van der Waals surface area contributed by atoms with E-state index in [0.29, 0.717) is 5.69 Å². The molecular formula is C17H27ClN4O4S. The SMILES string of the molecule is CN(C1CCCCC1)S(=O)(=O)c1cccc(NC(=O)CNC(=O)CN)c1.Cl. The van der Waals surface area contributed by atoms with E-state index in [9.17, 15) is 18.0 Å². The van der Waals surface area contributed by atoms with Crippen LogP contribution >= 0.6 is 12.4 Å². The molecule has 0 radical (unpaired) electrons. The number of sulfonamides is 1. The molecule has 0 aliphatic heterocycles. The van der Waals surface area contributed by atoms with Gasteiger partial charge in [-0.3, -0.25) is 9.59 Å². The van der Waals surface area contributed by atoms with Crippen LogP contribution in [0, 0.1) is 0 Å². The van der Waals surface area contributed by atoms with Crippen molar-refractivity contribution in [1.29, 1.82) is 0 Å². The van der Waals surface area contributed by atoms with Crippen LogP contribution in [0.4, 0.5) is 5.69 Å². The van der Waals surface area contributed by atoms with Gasteiger partial charge in [-0.25, -0.2) is 8.42 Å². The van der Waals surface area contributed by atoms with Gasteiger partial charge in [-0.1, -0.05) is 25.3 Å². The van der Waals surface area contributed by atoms with Crippen molar-refractivity contribution in [2.75, 3.05) is 25.5 Å². The summed E-state index contributed by atoms with van der Waals surface area (Å²) in [6, 6.07) is 6.13. The minimum Gasteiger partial charge on any atom is -0.346 e. The van der Waals surface area contributed by atoms with Crippen molar-refractivity contribution in [3.63, 3.8) is 0 Å². The largest absolute Gasteiger partial charge is 0.346 e. The number of anilines is 1. The number of nitrogens with zero attached hydrogens (tertiary/aromatic N) is 1. The Hall–Kier alpha value is -1.68. The number of hydrogen-bond acceptors (Lipinski definition) is 5. The summed E-state index contributed by atoms with van der Waals surface area (Å²) in [5, 5.41) is 4.93. The summed E-state index contributed by atoms with van der Waals surface area (Å²) >= 11 is 0. The molecule has 0 heterocycles. The summed E-state index contributed by atoms with van der Waals surface area (Å²) in [6.45, 7) is -0.427. The summed E-state index contributed by atoms with van der Waals surface area (Å²) in [5.74, 6) is -0.896. The molecule has 27 heavy (non-hydrogen) atoms. The van der Waals surface area contributed by atoms with E-state index in [1.807, 2.05) is 0 Å². The number of amides is 2. The van der Waals surface area contributed by atoms with Crippen LogP contribution in [-0.2, 0) is 19.6 Å². The Morgan fingerprint density at radius 1 is 1.19 bits per heavy atom. The van der Waals surface area contributed by atoms with E-state index < -0.39 is 21.8 Å². The van der Waals surface area contributed by atoms with Crippen LogP contribution in [0.1, 0.15) is 32.1 Å². The predicted octanol–water partition coefficient (Wildman–Crippen LogP) is 1.07. The highest BCUT2D eigenvalue weighted by Gasteiger charge is 2.29. The van der Waals surface area contributed by atoms with Crippen LogP contribution in [0.15, 0.2) is 29.2 Å². The number of carbonyl (C=O) groups is 2. The van der Waals surface area contributed by atoms with E-state index in [4.69, 9.17) is 5.73 Å². The normalized spacial score (nSPS) is 15.1. The number of benzene rings is 1. The molecule has 10 heteroatoms. The molecule has 1 aromatic rings. The minimum absolute atomic E-state index is 0. The molecule has 8 nitrogen and oxygen atoms in total. The van der Waals surface area contributed by atoms with Crippen LogP contribution < -0.4 is 16.4 Å². The molecule has 2 rings (SSSR count). The minimum atomic E-state index is -3.63. The van der Waals surface area contributed by atoms with Crippen molar-refractivity contribution in [2.45, 2.75) is 43.0 Å². The summed E-state index contributed by atoms with van der Waals surface area (Å²) in [7, 11) is -2.02. The van der Waals surface area contributed by atoms with Crippen molar-refractivity contribution < 1.29 is 18.0 Å². The lowest BCUT2D eigenvalue weighted by atomic mass is 9.96. The highest BCUT2D eigenvalue weighted by atomic mass is 35.5. The van der Waals surface area contributed by atoms with Gasteiger partial charge in [0, 0.05) is 18.8 Å². The maximum Gasteiger partial charge on any atom is 0.243 e. The average molecular weight is 419 g/mol. The third-order valence-corrected chi connectivity index (χ3v) is 6.42. The first kappa shape index (κ1) is 23.4. The number of carbonyl (C=O) groups excluding carboxylic acids is 2. The molecule has 0 bridgehead atoms. The highest BCUT2D eigenvalue weighted by molar-refractivity contribution is 7.89. The number of rotatable bonds is 7. The van der Waals surface area contributed by atoms with Crippen molar-refractivity contribution in [2.24, 2.45) is 5.73 Å². The summed E-state index contributed by atoms with van der Waals surface area (Å²) in [5.41, 5.74) is 5.51. The number of halogens is 1. The molecule has 2 amide bonds. The smallest absolute Gasteiger partial charge is 0.243 e. The van der Waals surface area contributed by atoms with Gasteiger partial charge in [0.2, 0.25) is 21.8 Å². The van der Waals surface area contributed by atoms with Crippen LogP contribution in [0.3, 0.4) is 0 Å². The third kappa shape index (κ3) is 6.46. The molecule has 152 valence electrons. The molecule has 0 unspecified atom stereocenters. The molecule has 0 aromatic heterocycles. The van der Waals surface area contributed by atoms with E-state index >= 15 is 0 Å². The van der Waals surface area contributed by atoms with E-state index in [-0.39, 0.29) is 36.4 Å². The molecule has 0 spiro atoms. The lowest BCUT2D eigenvalue weighted by Gasteiger charge is -2.30. The lowest BCUT2D eigenvalue weighted by molar-refractivity contribution is -0.123. The zero-order chi connectivity index (χ0) is 19.2. The zero-order valence-electron chi connectivity index (χ0n) is 15.3. The number of nitrogens with one attached hydrogen (secondary N) is 2. The molecule has 0 atom stereocenters. The van der Waals surface area contributed by atoms with Crippen LogP contribution in [0.2, 0.25) is 0 Å². The molecule has 1 fully saturated rings. The first-order valence-corrected chi connectivity index (χ1v) is 10.1. The van der Waals surface area contributed by atoms with Crippen molar-refractivity contribution >= 4 is 39.9 Å².